The maximum Gasteiger partial charge on any atom is 0.197 e. The van der Waals surface area contributed by atoms with Gasteiger partial charge in [0.05, 0.1) is 15.6 Å². The molecule has 0 aliphatic heterocycles. The van der Waals surface area contributed by atoms with E-state index in [1.807, 2.05) is 0 Å². The van der Waals surface area contributed by atoms with Crippen LogP contribution in [-0.2, 0) is 0 Å². The summed E-state index contributed by atoms with van der Waals surface area (Å²) in [5.74, 6) is -1.22. The summed E-state index contributed by atoms with van der Waals surface area (Å²) in [6.45, 7) is 0. The van der Waals surface area contributed by atoms with Gasteiger partial charge in [-0.05, 0) is 46.3 Å². The molecule has 98 valence electrons. The third-order valence-corrected chi connectivity index (χ3v) is 4.00. The fraction of sp³-hybridized carbons (Fsp3) is 0. The maximum absolute atomic E-state index is 13.8. The third-order valence-electron chi connectivity index (χ3n) is 2.49. The van der Waals surface area contributed by atoms with Gasteiger partial charge >= 0.3 is 0 Å². The molecule has 2 nitrogen and oxygen atoms in total. The molecular formula is C13H7BrCl2FNO. The lowest BCUT2D eigenvalue weighted by Gasteiger charge is -2.07. The molecular weight excluding hydrogens is 356 g/mol. The van der Waals surface area contributed by atoms with Gasteiger partial charge in [-0.3, -0.25) is 4.79 Å². The lowest BCUT2D eigenvalue weighted by atomic mass is 10.0. The summed E-state index contributed by atoms with van der Waals surface area (Å²) >= 11 is 14.9. The van der Waals surface area contributed by atoms with Crippen molar-refractivity contribution in [2.45, 2.75) is 0 Å². The smallest absolute Gasteiger partial charge is 0.197 e. The Bertz CT molecular complexity index is 676. The van der Waals surface area contributed by atoms with Crippen LogP contribution >= 0.6 is 39.1 Å². The molecule has 0 aliphatic rings. The van der Waals surface area contributed by atoms with Crippen molar-refractivity contribution < 1.29 is 9.18 Å². The lowest BCUT2D eigenvalue weighted by Crippen LogP contribution is -2.05. The molecule has 0 unspecified atom stereocenters. The van der Waals surface area contributed by atoms with Gasteiger partial charge in [0.25, 0.3) is 0 Å². The molecule has 0 aliphatic carbocycles. The van der Waals surface area contributed by atoms with Crippen molar-refractivity contribution in [2.75, 3.05) is 5.73 Å². The van der Waals surface area contributed by atoms with Crippen LogP contribution in [0.5, 0.6) is 0 Å². The Kier molecular flexibility index (Phi) is 4.13. The van der Waals surface area contributed by atoms with Gasteiger partial charge in [0.15, 0.2) is 5.78 Å². The Labute approximate surface area is 127 Å². The summed E-state index contributed by atoms with van der Waals surface area (Å²) in [6.07, 6.45) is 0. The number of rotatable bonds is 2. The van der Waals surface area contributed by atoms with E-state index in [2.05, 4.69) is 15.9 Å². The number of hydrogen-bond acceptors (Lipinski definition) is 2. The summed E-state index contributed by atoms with van der Waals surface area (Å²) in [6, 6.07) is 6.82. The van der Waals surface area contributed by atoms with Crippen molar-refractivity contribution in [3.8, 4) is 0 Å². The highest BCUT2D eigenvalue weighted by molar-refractivity contribution is 9.10. The van der Waals surface area contributed by atoms with Crippen molar-refractivity contribution in [3.63, 3.8) is 0 Å². The van der Waals surface area contributed by atoms with Crippen molar-refractivity contribution in [1.82, 2.24) is 0 Å². The zero-order valence-electron chi connectivity index (χ0n) is 9.38. The van der Waals surface area contributed by atoms with E-state index in [9.17, 15) is 9.18 Å². The standard InChI is InChI=1S/C13H7BrCl2FNO/c14-9-5-12(17)8(4-11(9)16)13(19)7-2-1-6(18)3-10(7)15/h1-5H,18H2. The number of nitrogens with two attached hydrogens (primary N) is 1. The number of carbonyl (C=O) groups is 1. The first kappa shape index (κ1) is 14.3. The number of halogens is 4. The summed E-state index contributed by atoms with van der Waals surface area (Å²) in [4.78, 5) is 12.2. The third kappa shape index (κ3) is 2.91. The molecule has 0 spiro atoms. The quantitative estimate of drug-likeness (QED) is 0.477. The van der Waals surface area contributed by atoms with E-state index in [0.717, 1.165) is 6.07 Å². The van der Waals surface area contributed by atoms with Gasteiger partial charge in [0.1, 0.15) is 5.82 Å². The van der Waals surface area contributed by atoms with Crippen LogP contribution in [0.3, 0.4) is 0 Å². The van der Waals surface area contributed by atoms with Crippen LogP contribution in [0, 0.1) is 5.82 Å². The highest BCUT2D eigenvalue weighted by Crippen LogP contribution is 2.29. The molecule has 2 aromatic rings. The van der Waals surface area contributed by atoms with E-state index in [1.54, 1.807) is 0 Å². The number of ketones is 1. The number of anilines is 1. The minimum atomic E-state index is -0.672. The van der Waals surface area contributed by atoms with E-state index < -0.39 is 11.6 Å². The highest BCUT2D eigenvalue weighted by Gasteiger charge is 2.18. The Hall–Kier alpha value is -1.10. The second-order valence-electron chi connectivity index (χ2n) is 3.81. The van der Waals surface area contributed by atoms with Crippen LogP contribution < -0.4 is 5.73 Å². The molecule has 19 heavy (non-hydrogen) atoms. The van der Waals surface area contributed by atoms with Crippen molar-refractivity contribution >= 4 is 50.6 Å². The number of benzene rings is 2. The fourth-order valence-electron chi connectivity index (χ4n) is 1.56. The minimum Gasteiger partial charge on any atom is -0.399 e. The molecule has 0 heterocycles. The Morgan fingerprint density at radius 1 is 1.11 bits per heavy atom. The zero-order valence-corrected chi connectivity index (χ0v) is 12.5. The molecule has 0 aromatic heterocycles. The Morgan fingerprint density at radius 3 is 2.42 bits per heavy atom. The molecule has 0 fully saturated rings. The van der Waals surface area contributed by atoms with E-state index in [1.165, 1.54) is 24.3 Å². The van der Waals surface area contributed by atoms with E-state index in [-0.39, 0.29) is 21.2 Å². The molecule has 6 heteroatoms. The number of nitrogen functional groups attached to an aromatic ring is 1. The summed E-state index contributed by atoms with van der Waals surface area (Å²) in [7, 11) is 0. The first-order valence-electron chi connectivity index (χ1n) is 5.14. The Morgan fingerprint density at radius 2 is 1.79 bits per heavy atom. The first-order chi connectivity index (χ1) is 8.90. The molecule has 2 rings (SSSR count). The molecule has 0 atom stereocenters. The van der Waals surface area contributed by atoms with Crippen LogP contribution in [0.25, 0.3) is 0 Å². The van der Waals surface area contributed by atoms with Gasteiger partial charge in [-0.1, -0.05) is 23.2 Å². The van der Waals surface area contributed by atoms with Gasteiger partial charge in [0, 0.05) is 15.7 Å². The average Bonchev–Trinajstić information content (AvgIpc) is 2.33. The van der Waals surface area contributed by atoms with Crippen LogP contribution in [0.4, 0.5) is 10.1 Å². The molecule has 0 saturated carbocycles. The zero-order chi connectivity index (χ0) is 14.2. The van der Waals surface area contributed by atoms with E-state index in [0.29, 0.717) is 10.2 Å². The molecule has 0 bridgehead atoms. The molecule has 0 saturated heterocycles. The van der Waals surface area contributed by atoms with Gasteiger partial charge in [-0.15, -0.1) is 0 Å². The van der Waals surface area contributed by atoms with Gasteiger partial charge < -0.3 is 5.73 Å². The molecule has 0 amide bonds. The van der Waals surface area contributed by atoms with E-state index >= 15 is 0 Å². The predicted octanol–water partition coefficient (Wildman–Crippen LogP) is 4.71. The first-order valence-corrected chi connectivity index (χ1v) is 6.69. The maximum atomic E-state index is 13.8. The van der Waals surface area contributed by atoms with Crippen LogP contribution in [0.15, 0.2) is 34.8 Å². The minimum absolute atomic E-state index is 0.139. The second kappa shape index (κ2) is 5.49. The topological polar surface area (TPSA) is 43.1 Å². The second-order valence-corrected chi connectivity index (χ2v) is 5.48. The van der Waals surface area contributed by atoms with Crippen LogP contribution in [0.2, 0.25) is 10.0 Å². The Balaban J connectivity index is 2.53. The van der Waals surface area contributed by atoms with E-state index in [4.69, 9.17) is 28.9 Å². The van der Waals surface area contributed by atoms with Crippen molar-refractivity contribution in [2.24, 2.45) is 0 Å². The molecule has 0 radical (unpaired) electrons. The number of hydrogen-bond donors (Lipinski definition) is 1. The monoisotopic (exact) mass is 361 g/mol. The summed E-state index contributed by atoms with van der Waals surface area (Å²) in [5.41, 5.74) is 6.01. The summed E-state index contributed by atoms with van der Waals surface area (Å²) < 4.78 is 14.2. The highest BCUT2D eigenvalue weighted by atomic mass is 79.9. The van der Waals surface area contributed by atoms with Gasteiger partial charge in [-0.2, -0.15) is 0 Å². The fourth-order valence-corrected chi connectivity index (χ4v) is 2.31. The van der Waals surface area contributed by atoms with Gasteiger partial charge in [-0.25, -0.2) is 4.39 Å². The molecule has 2 aromatic carbocycles. The van der Waals surface area contributed by atoms with Crippen LogP contribution in [0.1, 0.15) is 15.9 Å². The normalized spacial score (nSPS) is 10.5. The van der Waals surface area contributed by atoms with Crippen molar-refractivity contribution in [3.05, 3.63) is 61.8 Å². The SMILES string of the molecule is Nc1ccc(C(=O)c2cc(Cl)c(Br)cc2F)c(Cl)c1. The average molecular weight is 363 g/mol. The van der Waals surface area contributed by atoms with Gasteiger partial charge in [0.2, 0.25) is 0 Å². The van der Waals surface area contributed by atoms with Crippen LogP contribution in [-0.4, -0.2) is 5.78 Å². The summed E-state index contributed by atoms with van der Waals surface area (Å²) in [5, 5.41) is 0.416. The lowest BCUT2D eigenvalue weighted by molar-refractivity contribution is 0.103. The molecule has 2 N–H and O–H groups in total. The number of carbonyl (C=O) groups excluding carboxylic acids is 1. The van der Waals surface area contributed by atoms with Crippen molar-refractivity contribution in [1.29, 1.82) is 0 Å². The largest absolute Gasteiger partial charge is 0.399 e. The predicted molar refractivity (Wildman–Crippen MR) is 78.4 cm³/mol.